The molecule has 0 saturated carbocycles. The minimum atomic E-state index is -0.457. The zero-order chi connectivity index (χ0) is 18.8. The molecule has 0 radical (unpaired) electrons. The summed E-state index contributed by atoms with van der Waals surface area (Å²) in [7, 11) is 0. The van der Waals surface area contributed by atoms with Gasteiger partial charge in [0.05, 0.1) is 12.8 Å². The number of carbonyl (C=O) groups excluding carboxylic acids is 2. The zero-order valence-electron chi connectivity index (χ0n) is 13.9. The fourth-order valence-corrected chi connectivity index (χ4v) is 2.16. The first kappa shape index (κ1) is 19.2. The number of hydrazone groups is 1. The van der Waals surface area contributed by atoms with Crippen LogP contribution in [0.15, 0.2) is 66.3 Å². The van der Waals surface area contributed by atoms with Gasteiger partial charge >= 0.3 is 0 Å². The van der Waals surface area contributed by atoms with Crippen molar-refractivity contribution in [1.82, 2.24) is 10.7 Å². The van der Waals surface area contributed by atoms with Gasteiger partial charge in [0.15, 0.2) is 0 Å². The third-order valence-corrected chi connectivity index (χ3v) is 3.40. The Morgan fingerprint density at radius 1 is 1.19 bits per heavy atom. The number of carbonyl (C=O) groups is 2. The molecule has 0 spiro atoms. The van der Waals surface area contributed by atoms with Crippen molar-refractivity contribution >= 4 is 29.6 Å². The number of hydrogen-bond acceptors (Lipinski definition) is 4. The lowest BCUT2D eigenvalue weighted by Crippen LogP contribution is -2.34. The van der Waals surface area contributed by atoms with Gasteiger partial charge in [-0.25, -0.2) is 5.43 Å². The number of para-hydroxylation sites is 1. The molecule has 0 aliphatic carbocycles. The van der Waals surface area contributed by atoms with Gasteiger partial charge in [0.25, 0.3) is 11.8 Å². The van der Waals surface area contributed by atoms with Crippen molar-refractivity contribution in [2.24, 2.45) is 5.10 Å². The monoisotopic (exact) mass is 371 g/mol. The number of amides is 2. The maximum atomic E-state index is 11.9. The molecule has 7 heteroatoms. The van der Waals surface area contributed by atoms with E-state index < -0.39 is 11.8 Å². The number of ether oxygens (including phenoxy) is 1. The van der Waals surface area contributed by atoms with E-state index in [-0.39, 0.29) is 6.54 Å². The Kier molecular flexibility index (Phi) is 7.39. The molecule has 0 bridgehead atoms. The molecule has 0 aromatic heterocycles. The quantitative estimate of drug-likeness (QED) is 0.425. The van der Waals surface area contributed by atoms with Crippen LogP contribution in [0.4, 0.5) is 0 Å². The fourth-order valence-electron chi connectivity index (χ4n) is 1.97. The highest BCUT2D eigenvalue weighted by Crippen LogP contribution is 2.15. The van der Waals surface area contributed by atoms with Gasteiger partial charge < -0.3 is 10.1 Å². The van der Waals surface area contributed by atoms with Gasteiger partial charge in [-0.05, 0) is 30.3 Å². The Morgan fingerprint density at radius 3 is 2.77 bits per heavy atom. The Hall–Kier alpha value is -3.12. The summed E-state index contributed by atoms with van der Waals surface area (Å²) in [6.07, 6.45) is 3.10. The molecule has 134 valence electrons. The summed E-state index contributed by atoms with van der Waals surface area (Å²) in [5.74, 6) is -0.226. The van der Waals surface area contributed by atoms with E-state index in [1.807, 2.05) is 12.1 Å². The Balaban J connectivity index is 1.84. The van der Waals surface area contributed by atoms with Gasteiger partial charge in [0.1, 0.15) is 12.4 Å². The predicted molar refractivity (Wildman–Crippen MR) is 102 cm³/mol. The van der Waals surface area contributed by atoms with Crippen LogP contribution in [0.2, 0.25) is 5.02 Å². The van der Waals surface area contributed by atoms with E-state index in [0.717, 1.165) is 0 Å². The second-order valence-corrected chi connectivity index (χ2v) is 5.56. The summed E-state index contributed by atoms with van der Waals surface area (Å²) < 4.78 is 5.49. The first-order valence-electron chi connectivity index (χ1n) is 7.78. The van der Waals surface area contributed by atoms with Crippen LogP contribution >= 0.6 is 11.6 Å². The van der Waals surface area contributed by atoms with E-state index >= 15 is 0 Å². The Morgan fingerprint density at radius 2 is 2.00 bits per heavy atom. The molecule has 2 N–H and O–H groups in total. The molecule has 2 aromatic carbocycles. The lowest BCUT2D eigenvalue weighted by Gasteiger charge is -2.06. The minimum Gasteiger partial charge on any atom is -0.489 e. The summed E-state index contributed by atoms with van der Waals surface area (Å²) in [6.45, 7) is 3.75. The van der Waals surface area contributed by atoms with Crippen LogP contribution in [0.5, 0.6) is 5.75 Å². The van der Waals surface area contributed by atoms with Crippen LogP contribution in [0, 0.1) is 0 Å². The zero-order valence-corrected chi connectivity index (χ0v) is 14.7. The van der Waals surface area contributed by atoms with Crippen molar-refractivity contribution in [3.05, 3.63) is 77.3 Å². The predicted octanol–water partition coefficient (Wildman–Crippen LogP) is 2.78. The number of nitrogens with one attached hydrogen (secondary N) is 2. The van der Waals surface area contributed by atoms with Crippen LogP contribution in [0.3, 0.4) is 0 Å². The van der Waals surface area contributed by atoms with E-state index in [2.05, 4.69) is 22.4 Å². The Bertz CT molecular complexity index is 821. The highest BCUT2D eigenvalue weighted by atomic mass is 35.5. The molecule has 0 saturated heterocycles. The average molecular weight is 372 g/mol. The molecule has 0 fully saturated rings. The molecule has 26 heavy (non-hydrogen) atoms. The summed E-state index contributed by atoms with van der Waals surface area (Å²) >= 11 is 5.83. The van der Waals surface area contributed by atoms with Crippen molar-refractivity contribution < 1.29 is 14.3 Å². The van der Waals surface area contributed by atoms with Crippen molar-refractivity contribution in [1.29, 1.82) is 0 Å². The first-order chi connectivity index (χ1) is 12.6. The third-order valence-electron chi connectivity index (χ3n) is 3.16. The van der Waals surface area contributed by atoms with E-state index in [0.29, 0.717) is 28.5 Å². The van der Waals surface area contributed by atoms with E-state index in [1.165, 1.54) is 12.3 Å². The molecule has 0 aliphatic heterocycles. The molecule has 2 aromatic rings. The summed E-state index contributed by atoms with van der Waals surface area (Å²) in [4.78, 5) is 23.7. The van der Waals surface area contributed by atoms with Crippen molar-refractivity contribution in [2.75, 3.05) is 13.2 Å². The van der Waals surface area contributed by atoms with Crippen LogP contribution in [-0.2, 0) is 4.79 Å². The summed E-state index contributed by atoms with van der Waals surface area (Å²) in [6, 6.07) is 13.7. The smallest absolute Gasteiger partial charge is 0.259 e. The number of hydrogen-bond donors (Lipinski definition) is 2. The molecule has 2 amide bonds. The second kappa shape index (κ2) is 10.0. The van der Waals surface area contributed by atoms with Crippen LogP contribution in [0.1, 0.15) is 15.9 Å². The van der Waals surface area contributed by atoms with Crippen LogP contribution in [0.25, 0.3) is 0 Å². The molecule has 0 heterocycles. The fraction of sp³-hybridized carbons (Fsp3) is 0.105. The first-order valence-corrected chi connectivity index (χ1v) is 8.16. The van der Waals surface area contributed by atoms with Gasteiger partial charge in [-0.2, -0.15) is 5.10 Å². The number of nitrogens with zero attached hydrogens (tertiary/aromatic N) is 1. The van der Waals surface area contributed by atoms with Crippen molar-refractivity contribution in [3.8, 4) is 5.75 Å². The third kappa shape index (κ3) is 6.07. The molecule has 6 nitrogen and oxygen atoms in total. The lowest BCUT2D eigenvalue weighted by atomic mass is 10.2. The SMILES string of the molecule is C=CCOc1ccccc1C=NNC(=O)CNC(=O)c1cccc(Cl)c1. The maximum Gasteiger partial charge on any atom is 0.259 e. The largest absolute Gasteiger partial charge is 0.489 e. The molecule has 0 unspecified atom stereocenters. The molecule has 0 atom stereocenters. The topological polar surface area (TPSA) is 79.8 Å². The number of halogens is 1. The van der Waals surface area contributed by atoms with E-state index in [1.54, 1.807) is 36.4 Å². The molecule has 0 aliphatic rings. The number of benzene rings is 2. The van der Waals surface area contributed by atoms with Crippen LogP contribution in [-0.4, -0.2) is 31.2 Å². The molecule has 2 rings (SSSR count). The van der Waals surface area contributed by atoms with Gasteiger partial charge in [-0.15, -0.1) is 0 Å². The van der Waals surface area contributed by atoms with E-state index in [4.69, 9.17) is 16.3 Å². The van der Waals surface area contributed by atoms with Crippen LogP contribution < -0.4 is 15.5 Å². The second-order valence-electron chi connectivity index (χ2n) is 5.12. The van der Waals surface area contributed by atoms with Gasteiger partial charge in [-0.3, -0.25) is 9.59 Å². The summed E-state index contributed by atoms with van der Waals surface area (Å²) in [5.41, 5.74) is 3.43. The highest BCUT2D eigenvalue weighted by molar-refractivity contribution is 6.30. The van der Waals surface area contributed by atoms with E-state index in [9.17, 15) is 9.59 Å². The maximum absolute atomic E-state index is 11.9. The lowest BCUT2D eigenvalue weighted by molar-refractivity contribution is -0.120. The number of rotatable bonds is 8. The average Bonchev–Trinajstić information content (AvgIpc) is 2.65. The normalized spacial score (nSPS) is 10.3. The van der Waals surface area contributed by atoms with Crippen molar-refractivity contribution in [2.45, 2.75) is 0 Å². The molecular weight excluding hydrogens is 354 g/mol. The highest BCUT2D eigenvalue weighted by Gasteiger charge is 2.08. The van der Waals surface area contributed by atoms with Gasteiger partial charge in [0, 0.05) is 16.1 Å². The van der Waals surface area contributed by atoms with Crippen molar-refractivity contribution in [3.63, 3.8) is 0 Å². The minimum absolute atomic E-state index is 0.211. The Labute approximate surface area is 156 Å². The molecular formula is C19H18ClN3O3. The van der Waals surface area contributed by atoms with Gasteiger partial charge in [-0.1, -0.05) is 42.5 Å². The summed E-state index contributed by atoms with van der Waals surface area (Å²) in [5, 5.41) is 6.82. The van der Waals surface area contributed by atoms with Gasteiger partial charge in [0.2, 0.25) is 0 Å². The standard InChI is InChI=1S/C19H18ClN3O3/c1-2-10-26-17-9-4-3-6-15(17)12-22-23-18(24)13-21-19(25)14-7-5-8-16(20)11-14/h2-9,11-12H,1,10,13H2,(H,21,25)(H,23,24).